The van der Waals surface area contributed by atoms with E-state index in [4.69, 9.17) is 9.72 Å². The minimum atomic E-state index is -0.514. The molecule has 0 aliphatic carbocycles. The van der Waals surface area contributed by atoms with Gasteiger partial charge in [-0.2, -0.15) is 4.57 Å². The molecule has 0 amide bonds. The number of rotatable bonds is 6. The van der Waals surface area contributed by atoms with Gasteiger partial charge in [0.25, 0.3) is 0 Å². The Hall–Kier alpha value is -4.06. The molecule has 2 heterocycles. The number of nitrogens with one attached hydrogen (secondary N) is 1. The van der Waals surface area contributed by atoms with Crippen LogP contribution >= 0.6 is 0 Å². The van der Waals surface area contributed by atoms with E-state index in [0.29, 0.717) is 24.2 Å². The van der Waals surface area contributed by atoms with E-state index in [1.165, 1.54) is 13.2 Å². The summed E-state index contributed by atoms with van der Waals surface area (Å²) in [6.45, 7) is 0. The smallest absolute Gasteiger partial charge is 0.359 e. The molecular weight excluding hydrogens is 417 g/mol. The number of aromatic nitrogens is 2. The second-order valence-electron chi connectivity index (χ2n) is 8.03. The number of halogens is 1. The average Bonchev–Trinajstić information content (AvgIpc) is 3.16. The van der Waals surface area contributed by atoms with Gasteiger partial charge in [-0.15, -0.1) is 0 Å². The molecule has 1 aliphatic heterocycles. The lowest BCUT2D eigenvalue weighted by molar-refractivity contribution is -0.552. The van der Waals surface area contributed by atoms with Gasteiger partial charge in [-0.25, -0.2) is 14.2 Å². The van der Waals surface area contributed by atoms with Crippen LogP contribution in [0.3, 0.4) is 0 Å². The molecule has 1 aliphatic rings. The van der Waals surface area contributed by atoms with Crippen LogP contribution in [0.5, 0.6) is 5.75 Å². The van der Waals surface area contributed by atoms with E-state index in [0.717, 1.165) is 22.5 Å². The first-order chi connectivity index (χ1) is 16.1. The minimum Gasteiger partial charge on any atom is -0.494 e. The second-order valence-corrected chi connectivity index (χ2v) is 8.03. The van der Waals surface area contributed by atoms with Gasteiger partial charge in [0.1, 0.15) is 17.6 Å². The van der Waals surface area contributed by atoms with Gasteiger partial charge in [0.15, 0.2) is 17.6 Å². The number of carbonyl (C=O) groups is 1. The first-order valence-electron chi connectivity index (χ1n) is 10.8. The van der Waals surface area contributed by atoms with E-state index in [2.05, 4.69) is 5.32 Å². The molecule has 164 valence electrons. The lowest BCUT2D eigenvalue weighted by Gasteiger charge is -2.07. The molecule has 0 spiro atoms. The van der Waals surface area contributed by atoms with Crippen LogP contribution in [0.15, 0.2) is 85.1 Å². The Kier molecular flexibility index (Phi) is 5.57. The van der Waals surface area contributed by atoms with Crippen molar-refractivity contribution < 1.29 is 18.5 Å². The number of benzene rings is 3. The van der Waals surface area contributed by atoms with E-state index >= 15 is 0 Å². The number of fused-ring (bicyclic) bond motifs is 1. The molecule has 6 heteroatoms. The van der Waals surface area contributed by atoms with Crippen LogP contribution in [0.4, 0.5) is 10.2 Å². The maximum absolute atomic E-state index is 14.2. The molecule has 0 bridgehead atoms. The Morgan fingerprint density at radius 2 is 1.73 bits per heavy atom. The van der Waals surface area contributed by atoms with Crippen molar-refractivity contribution in [1.82, 2.24) is 4.98 Å². The van der Waals surface area contributed by atoms with Crippen molar-refractivity contribution >= 4 is 11.7 Å². The molecule has 3 aromatic carbocycles. The molecule has 0 radical (unpaired) electrons. The molecule has 0 fully saturated rings. The van der Waals surface area contributed by atoms with Crippen molar-refractivity contribution in [3.05, 3.63) is 108 Å². The van der Waals surface area contributed by atoms with E-state index < -0.39 is 11.9 Å². The fourth-order valence-electron chi connectivity index (χ4n) is 4.15. The van der Waals surface area contributed by atoms with Gasteiger partial charge in [0.05, 0.1) is 7.11 Å². The van der Waals surface area contributed by atoms with Crippen molar-refractivity contribution in [3.8, 4) is 17.0 Å². The lowest BCUT2D eigenvalue weighted by Crippen LogP contribution is -2.44. The zero-order valence-electron chi connectivity index (χ0n) is 18.2. The van der Waals surface area contributed by atoms with Gasteiger partial charge in [0.2, 0.25) is 0 Å². The summed E-state index contributed by atoms with van der Waals surface area (Å²) in [6, 6.07) is 24.1. The second kappa shape index (κ2) is 8.82. The SMILES string of the molecule is COc1ccc(CC2Nc3c(Cc4ccccc4)nc(-c4ccccc4)c[n+]3C2=O)cc1F. The van der Waals surface area contributed by atoms with E-state index in [1.807, 2.05) is 60.7 Å². The molecule has 5 nitrogen and oxygen atoms in total. The summed E-state index contributed by atoms with van der Waals surface area (Å²) in [6.07, 6.45) is 2.72. The highest BCUT2D eigenvalue weighted by Crippen LogP contribution is 2.25. The fraction of sp³-hybridized carbons (Fsp3) is 0.148. The molecule has 0 saturated heterocycles. The monoisotopic (exact) mass is 440 g/mol. The third-order valence-electron chi connectivity index (χ3n) is 5.81. The first kappa shape index (κ1) is 20.8. The summed E-state index contributed by atoms with van der Waals surface area (Å²) in [5, 5.41) is 3.35. The van der Waals surface area contributed by atoms with Crippen molar-refractivity contribution in [3.63, 3.8) is 0 Å². The average molecular weight is 440 g/mol. The van der Waals surface area contributed by atoms with E-state index in [9.17, 15) is 9.18 Å². The summed E-state index contributed by atoms with van der Waals surface area (Å²) < 4.78 is 20.8. The molecule has 33 heavy (non-hydrogen) atoms. The quantitative estimate of drug-likeness (QED) is 0.450. The molecule has 1 atom stereocenters. The molecule has 4 aromatic rings. The summed E-state index contributed by atoms with van der Waals surface area (Å²) in [5.74, 6) is 0.338. The van der Waals surface area contributed by atoms with Crippen LogP contribution in [0.1, 0.15) is 21.6 Å². The Bertz CT molecular complexity index is 1310. The van der Waals surface area contributed by atoms with Crippen molar-refractivity contribution in [2.45, 2.75) is 18.9 Å². The minimum absolute atomic E-state index is 0.0879. The predicted octanol–water partition coefficient (Wildman–Crippen LogP) is 4.45. The number of hydrogen-bond donors (Lipinski definition) is 1. The van der Waals surface area contributed by atoms with Crippen molar-refractivity contribution in [2.24, 2.45) is 0 Å². The molecule has 5 rings (SSSR count). The van der Waals surface area contributed by atoms with Crippen LogP contribution in [0.2, 0.25) is 0 Å². The highest BCUT2D eigenvalue weighted by atomic mass is 19.1. The first-order valence-corrected chi connectivity index (χ1v) is 10.8. The third-order valence-corrected chi connectivity index (χ3v) is 5.81. The number of anilines is 1. The standard InChI is InChI=1S/C27H22FN3O2/c1-33-25-13-12-19(14-21(25)28)16-23-27(32)31-17-24(20-10-6-3-7-11-20)29-22(26(31)30-23)15-18-8-4-2-5-9-18/h2-14,17,23H,15-16H2,1H3/p+1. The molecular formula is C27H23FN3O2+. The van der Waals surface area contributed by atoms with Gasteiger partial charge < -0.3 is 4.74 Å². The Balaban J connectivity index is 1.51. The number of nitrogens with zero attached hydrogens (tertiary/aromatic N) is 2. The van der Waals surface area contributed by atoms with Gasteiger partial charge >= 0.3 is 11.7 Å². The van der Waals surface area contributed by atoms with Gasteiger partial charge in [-0.05, 0) is 23.3 Å². The Morgan fingerprint density at radius 1 is 1.00 bits per heavy atom. The number of carbonyl (C=O) groups excluding carboxylic acids is 1. The zero-order chi connectivity index (χ0) is 22.8. The van der Waals surface area contributed by atoms with Crippen molar-refractivity contribution in [2.75, 3.05) is 12.4 Å². The van der Waals surface area contributed by atoms with Crippen LogP contribution in [0, 0.1) is 5.82 Å². The van der Waals surface area contributed by atoms with Crippen LogP contribution in [-0.4, -0.2) is 24.0 Å². The van der Waals surface area contributed by atoms with Crippen molar-refractivity contribution in [1.29, 1.82) is 0 Å². The van der Waals surface area contributed by atoms with Crippen LogP contribution in [-0.2, 0) is 12.8 Å². The van der Waals surface area contributed by atoms with Gasteiger partial charge in [-0.1, -0.05) is 66.7 Å². The third kappa shape index (κ3) is 4.20. The molecule has 1 N–H and O–H groups in total. The highest BCUT2D eigenvalue weighted by molar-refractivity contribution is 5.82. The zero-order valence-corrected chi connectivity index (χ0v) is 18.2. The van der Waals surface area contributed by atoms with Crippen LogP contribution < -0.4 is 14.6 Å². The Morgan fingerprint density at radius 3 is 2.42 bits per heavy atom. The molecule has 1 unspecified atom stereocenters. The fourth-order valence-corrected chi connectivity index (χ4v) is 4.15. The van der Waals surface area contributed by atoms with E-state index in [1.54, 1.807) is 22.9 Å². The summed E-state index contributed by atoms with van der Waals surface area (Å²) in [7, 11) is 1.43. The number of hydrogen-bond acceptors (Lipinski definition) is 4. The maximum Gasteiger partial charge on any atom is 0.359 e. The highest BCUT2D eigenvalue weighted by Gasteiger charge is 2.41. The van der Waals surface area contributed by atoms with Gasteiger partial charge in [-0.3, -0.25) is 5.32 Å². The van der Waals surface area contributed by atoms with Gasteiger partial charge in [0, 0.05) is 18.4 Å². The topological polar surface area (TPSA) is 55.1 Å². The Labute approximate surface area is 191 Å². The predicted molar refractivity (Wildman–Crippen MR) is 124 cm³/mol. The summed E-state index contributed by atoms with van der Waals surface area (Å²) in [5.41, 5.74) is 4.29. The summed E-state index contributed by atoms with van der Waals surface area (Å²) >= 11 is 0. The maximum atomic E-state index is 14.2. The number of methoxy groups -OCH3 is 1. The number of ether oxygens (including phenoxy) is 1. The van der Waals surface area contributed by atoms with Crippen LogP contribution in [0.25, 0.3) is 11.3 Å². The normalized spacial score (nSPS) is 14.6. The molecule has 0 saturated carbocycles. The lowest BCUT2D eigenvalue weighted by atomic mass is 10.1. The summed E-state index contributed by atoms with van der Waals surface area (Å²) in [4.78, 5) is 18.3. The largest absolute Gasteiger partial charge is 0.494 e. The van der Waals surface area contributed by atoms with E-state index in [-0.39, 0.29) is 11.7 Å². The molecule has 1 aromatic heterocycles.